The van der Waals surface area contributed by atoms with E-state index in [-0.39, 0.29) is 6.03 Å². The molecule has 2 heterocycles. The summed E-state index contributed by atoms with van der Waals surface area (Å²) in [5, 5.41) is 6.89. The minimum atomic E-state index is -0.0985. The van der Waals surface area contributed by atoms with Crippen molar-refractivity contribution in [3.63, 3.8) is 0 Å². The molecule has 0 radical (unpaired) electrons. The number of carbonyl (C=O) groups is 1. The Balaban J connectivity index is 1.59. The number of piperidine rings is 1. The number of urea groups is 1. The van der Waals surface area contributed by atoms with E-state index in [0.29, 0.717) is 19.1 Å². The number of nitrogens with one attached hydrogen (secondary N) is 2. The zero-order chi connectivity index (χ0) is 16.8. The van der Waals surface area contributed by atoms with Crippen molar-refractivity contribution in [3.05, 3.63) is 15.6 Å². The Hall–Kier alpha value is -1.18. The standard InChI is InChI=1S/C16H29N5OS/c1-12-15(23-13(2)19-12)11-18-16(22)17-7-10-21-8-5-14(6-9-21)20(3)4/h14H,5-11H2,1-4H3,(H2,17,18,22). The monoisotopic (exact) mass is 339 g/mol. The Labute approximate surface area is 143 Å². The molecule has 0 saturated carbocycles. The number of aryl methyl sites for hydroxylation is 2. The van der Waals surface area contributed by atoms with Gasteiger partial charge in [-0.1, -0.05) is 0 Å². The summed E-state index contributed by atoms with van der Waals surface area (Å²) in [5.41, 5.74) is 1.01. The molecule has 0 bridgehead atoms. The van der Waals surface area contributed by atoms with Crippen LogP contribution in [-0.4, -0.2) is 67.1 Å². The Kier molecular flexibility index (Phi) is 6.80. The maximum atomic E-state index is 11.9. The second-order valence-electron chi connectivity index (χ2n) is 6.39. The Morgan fingerprint density at radius 3 is 2.57 bits per heavy atom. The number of carbonyl (C=O) groups excluding carboxylic acids is 1. The van der Waals surface area contributed by atoms with Crippen LogP contribution in [0.2, 0.25) is 0 Å². The van der Waals surface area contributed by atoms with Crippen LogP contribution in [0.5, 0.6) is 0 Å². The van der Waals surface area contributed by atoms with Crippen LogP contribution in [0.1, 0.15) is 28.4 Å². The third kappa shape index (κ3) is 5.75. The van der Waals surface area contributed by atoms with Gasteiger partial charge in [0.2, 0.25) is 0 Å². The van der Waals surface area contributed by atoms with Crippen LogP contribution >= 0.6 is 11.3 Å². The second kappa shape index (κ2) is 8.61. The van der Waals surface area contributed by atoms with Gasteiger partial charge in [-0.15, -0.1) is 11.3 Å². The first-order valence-corrected chi connectivity index (χ1v) is 9.10. The van der Waals surface area contributed by atoms with Gasteiger partial charge in [0.1, 0.15) is 0 Å². The highest BCUT2D eigenvalue weighted by molar-refractivity contribution is 7.11. The van der Waals surface area contributed by atoms with Crippen LogP contribution in [-0.2, 0) is 6.54 Å². The van der Waals surface area contributed by atoms with Gasteiger partial charge >= 0.3 is 6.03 Å². The van der Waals surface area contributed by atoms with Crippen molar-refractivity contribution in [2.45, 2.75) is 39.3 Å². The molecule has 0 aliphatic carbocycles. The van der Waals surface area contributed by atoms with Gasteiger partial charge in [-0.3, -0.25) is 0 Å². The van der Waals surface area contributed by atoms with Crippen LogP contribution in [0.3, 0.4) is 0 Å². The maximum absolute atomic E-state index is 11.9. The summed E-state index contributed by atoms with van der Waals surface area (Å²) in [6, 6.07) is 0.604. The van der Waals surface area contributed by atoms with E-state index in [4.69, 9.17) is 0 Å². The lowest BCUT2D eigenvalue weighted by atomic mass is 10.0. The molecular formula is C16H29N5OS. The normalized spacial score (nSPS) is 16.7. The first-order chi connectivity index (χ1) is 11.0. The molecule has 130 valence electrons. The van der Waals surface area contributed by atoms with E-state index in [1.54, 1.807) is 11.3 Å². The fraction of sp³-hybridized carbons (Fsp3) is 0.750. The summed E-state index contributed by atoms with van der Waals surface area (Å²) in [7, 11) is 4.30. The van der Waals surface area contributed by atoms with E-state index in [1.165, 1.54) is 12.8 Å². The van der Waals surface area contributed by atoms with E-state index in [1.807, 2.05) is 13.8 Å². The minimum Gasteiger partial charge on any atom is -0.337 e. The van der Waals surface area contributed by atoms with Crippen LogP contribution in [0, 0.1) is 13.8 Å². The summed E-state index contributed by atoms with van der Waals surface area (Å²) in [6.45, 7) is 8.37. The van der Waals surface area contributed by atoms with Gasteiger partial charge in [-0.05, 0) is 53.9 Å². The fourth-order valence-corrected chi connectivity index (χ4v) is 3.82. The molecule has 2 amide bonds. The number of hydrogen-bond donors (Lipinski definition) is 2. The lowest BCUT2D eigenvalue weighted by Crippen LogP contribution is -2.45. The molecule has 0 aromatic carbocycles. The Morgan fingerprint density at radius 1 is 1.30 bits per heavy atom. The number of rotatable bonds is 6. The highest BCUT2D eigenvalue weighted by Gasteiger charge is 2.20. The highest BCUT2D eigenvalue weighted by atomic mass is 32.1. The molecule has 1 aromatic heterocycles. The van der Waals surface area contributed by atoms with E-state index < -0.39 is 0 Å². The predicted octanol–water partition coefficient (Wildman–Crippen LogP) is 1.59. The molecule has 7 heteroatoms. The molecule has 0 atom stereocenters. The summed E-state index contributed by atoms with van der Waals surface area (Å²) < 4.78 is 0. The van der Waals surface area contributed by atoms with Crippen LogP contribution in [0.15, 0.2) is 0 Å². The Bertz CT molecular complexity index is 509. The van der Waals surface area contributed by atoms with Crippen molar-refractivity contribution in [3.8, 4) is 0 Å². The van der Waals surface area contributed by atoms with Gasteiger partial charge in [-0.2, -0.15) is 0 Å². The van der Waals surface area contributed by atoms with Crippen molar-refractivity contribution in [2.24, 2.45) is 0 Å². The molecule has 2 rings (SSSR count). The predicted molar refractivity (Wildman–Crippen MR) is 95.0 cm³/mol. The van der Waals surface area contributed by atoms with Gasteiger partial charge in [0.25, 0.3) is 0 Å². The molecule has 0 spiro atoms. The van der Waals surface area contributed by atoms with Crippen LogP contribution < -0.4 is 10.6 Å². The molecule has 1 saturated heterocycles. The fourth-order valence-electron chi connectivity index (χ4n) is 2.95. The second-order valence-corrected chi connectivity index (χ2v) is 7.68. The van der Waals surface area contributed by atoms with Gasteiger partial charge < -0.3 is 20.4 Å². The number of aromatic nitrogens is 1. The molecule has 1 aromatic rings. The summed E-state index contributed by atoms with van der Waals surface area (Å²) >= 11 is 1.64. The number of hydrogen-bond acceptors (Lipinski definition) is 5. The minimum absolute atomic E-state index is 0.0985. The first-order valence-electron chi connectivity index (χ1n) is 8.29. The van der Waals surface area contributed by atoms with Gasteiger partial charge in [-0.25, -0.2) is 9.78 Å². The average molecular weight is 340 g/mol. The van der Waals surface area contributed by atoms with E-state index in [9.17, 15) is 4.79 Å². The van der Waals surface area contributed by atoms with E-state index in [2.05, 4.69) is 39.5 Å². The zero-order valence-electron chi connectivity index (χ0n) is 14.7. The largest absolute Gasteiger partial charge is 0.337 e. The zero-order valence-corrected chi connectivity index (χ0v) is 15.5. The summed E-state index contributed by atoms with van der Waals surface area (Å²) in [5.74, 6) is 0. The number of amides is 2. The van der Waals surface area contributed by atoms with Crippen molar-refractivity contribution in [1.29, 1.82) is 0 Å². The van der Waals surface area contributed by atoms with E-state index in [0.717, 1.165) is 35.2 Å². The van der Waals surface area contributed by atoms with Gasteiger partial charge in [0.15, 0.2) is 0 Å². The van der Waals surface area contributed by atoms with Gasteiger partial charge in [0, 0.05) is 24.0 Å². The maximum Gasteiger partial charge on any atom is 0.315 e. The highest BCUT2D eigenvalue weighted by Crippen LogP contribution is 2.16. The SMILES string of the molecule is Cc1nc(C)c(CNC(=O)NCCN2CCC(N(C)C)CC2)s1. The van der Waals surface area contributed by atoms with E-state index >= 15 is 0 Å². The lowest BCUT2D eigenvalue weighted by Gasteiger charge is -2.35. The molecular weight excluding hydrogens is 310 g/mol. The molecule has 0 unspecified atom stereocenters. The molecule has 1 fully saturated rings. The van der Waals surface area contributed by atoms with Crippen LogP contribution in [0.25, 0.3) is 0 Å². The molecule has 1 aliphatic rings. The van der Waals surface area contributed by atoms with Crippen molar-refractivity contribution in [2.75, 3.05) is 40.3 Å². The number of likely N-dealkylation sites (tertiary alicyclic amines) is 1. The third-order valence-electron chi connectivity index (χ3n) is 4.41. The first kappa shape index (κ1) is 18.2. The van der Waals surface area contributed by atoms with Crippen molar-refractivity contribution < 1.29 is 4.79 Å². The smallest absolute Gasteiger partial charge is 0.315 e. The van der Waals surface area contributed by atoms with Crippen LogP contribution in [0.4, 0.5) is 4.79 Å². The summed E-state index contributed by atoms with van der Waals surface area (Å²) in [4.78, 5) is 22.1. The lowest BCUT2D eigenvalue weighted by molar-refractivity contribution is 0.146. The van der Waals surface area contributed by atoms with Gasteiger partial charge in [0.05, 0.1) is 17.2 Å². The Morgan fingerprint density at radius 2 is 2.00 bits per heavy atom. The topological polar surface area (TPSA) is 60.5 Å². The third-order valence-corrected chi connectivity index (χ3v) is 5.48. The molecule has 2 N–H and O–H groups in total. The summed E-state index contributed by atoms with van der Waals surface area (Å²) in [6.07, 6.45) is 2.42. The average Bonchev–Trinajstić information content (AvgIpc) is 2.83. The number of thiazole rings is 1. The molecule has 23 heavy (non-hydrogen) atoms. The van der Waals surface area contributed by atoms with Crippen molar-refractivity contribution in [1.82, 2.24) is 25.4 Å². The van der Waals surface area contributed by atoms with Crippen molar-refractivity contribution >= 4 is 17.4 Å². The molecule has 6 nitrogen and oxygen atoms in total. The quantitative estimate of drug-likeness (QED) is 0.826. The molecule has 1 aliphatic heterocycles. The number of nitrogens with zero attached hydrogens (tertiary/aromatic N) is 3.